The predicted octanol–water partition coefficient (Wildman–Crippen LogP) is 4.31. The van der Waals surface area contributed by atoms with Crippen molar-refractivity contribution in [2.24, 2.45) is 0 Å². The summed E-state index contributed by atoms with van der Waals surface area (Å²) < 4.78 is 7.12. The van der Waals surface area contributed by atoms with Gasteiger partial charge in [-0.1, -0.05) is 12.1 Å². The maximum absolute atomic E-state index is 10.7. The second-order valence-electron chi connectivity index (χ2n) is 3.89. The van der Waals surface area contributed by atoms with E-state index in [9.17, 15) is 9.90 Å². The third-order valence-corrected chi connectivity index (χ3v) is 3.65. The highest BCUT2D eigenvalue weighted by atomic mass is 79.9. The summed E-state index contributed by atoms with van der Waals surface area (Å²) in [7, 11) is 0. The van der Waals surface area contributed by atoms with Crippen LogP contribution < -0.4 is 4.74 Å². The molecule has 0 aliphatic rings. The van der Waals surface area contributed by atoms with Crippen molar-refractivity contribution in [2.75, 3.05) is 0 Å². The standard InChI is InChI=1S/C14H10Br2O3/c15-12-5-10(7-17)6-13(16)14(12)19-8-9-1-3-11(18)4-2-9/h1-7,18H,8H2. The molecule has 0 aromatic heterocycles. The van der Waals surface area contributed by atoms with E-state index in [1.54, 1.807) is 36.4 Å². The van der Waals surface area contributed by atoms with E-state index in [4.69, 9.17) is 4.74 Å². The van der Waals surface area contributed by atoms with Gasteiger partial charge in [-0.25, -0.2) is 0 Å². The molecule has 2 aromatic rings. The lowest BCUT2D eigenvalue weighted by atomic mass is 10.2. The van der Waals surface area contributed by atoms with Gasteiger partial charge in [0.05, 0.1) is 8.95 Å². The molecule has 2 rings (SSSR count). The molecule has 0 amide bonds. The van der Waals surface area contributed by atoms with E-state index in [0.717, 1.165) is 11.8 Å². The van der Waals surface area contributed by atoms with E-state index in [-0.39, 0.29) is 5.75 Å². The van der Waals surface area contributed by atoms with Gasteiger partial charge in [0.15, 0.2) is 0 Å². The van der Waals surface area contributed by atoms with Crippen LogP contribution in [0.15, 0.2) is 45.3 Å². The van der Waals surface area contributed by atoms with Crippen LogP contribution in [-0.2, 0) is 6.61 Å². The van der Waals surface area contributed by atoms with Crippen LogP contribution >= 0.6 is 31.9 Å². The Morgan fingerprint density at radius 2 is 1.68 bits per heavy atom. The van der Waals surface area contributed by atoms with Crippen LogP contribution in [0.4, 0.5) is 0 Å². The molecule has 19 heavy (non-hydrogen) atoms. The normalized spacial score (nSPS) is 10.2. The summed E-state index contributed by atoms with van der Waals surface area (Å²) in [5.74, 6) is 0.861. The van der Waals surface area contributed by atoms with Crippen LogP contribution in [0.1, 0.15) is 15.9 Å². The first-order chi connectivity index (χ1) is 9.10. The largest absolute Gasteiger partial charge is 0.508 e. The van der Waals surface area contributed by atoms with E-state index < -0.39 is 0 Å². The number of benzene rings is 2. The zero-order chi connectivity index (χ0) is 13.8. The molecule has 0 aliphatic carbocycles. The second-order valence-corrected chi connectivity index (χ2v) is 5.60. The average Bonchev–Trinajstić information content (AvgIpc) is 2.39. The third kappa shape index (κ3) is 3.58. The number of hydrogen-bond acceptors (Lipinski definition) is 3. The first kappa shape index (κ1) is 14.1. The first-order valence-corrected chi connectivity index (χ1v) is 7.03. The molecule has 0 spiro atoms. The minimum absolute atomic E-state index is 0.224. The van der Waals surface area contributed by atoms with Crippen molar-refractivity contribution in [3.63, 3.8) is 0 Å². The van der Waals surface area contributed by atoms with E-state index in [1.807, 2.05) is 0 Å². The van der Waals surface area contributed by atoms with Crippen LogP contribution in [0.3, 0.4) is 0 Å². The highest BCUT2D eigenvalue weighted by Crippen LogP contribution is 2.35. The molecule has 1 N–H and O–H groups in total. The Labute approximate surface area is 127 Å². The molecule has 0 saturated heterocycles. The smallest absolute Gasteiger partial charge is 0.150 e. The molecule has 5 heteroatoms. The Morgan fingerprint density at radius 1 is 1.11 bits per heavy atom. The van der Waals surface area contributed by atoms with Crippen molar-refractivity contribution < 1.29 is 14.6 Å². The van der Waals surface area contributed by atoms with Gasteiger partial charge in [-0.15, -0.1) is 0 Å². The van der Waals surface area contributed by atoms with Gasteiger partial charge in [-0.3, -0.25) is 4.79 Å². The van der Waals surface area contributed by atoms with E-state index in [1.165, 1.54) is 0 Å². The predicted molar refractivity (Wildman–Crippen MR) is 79.7 cm³/mol. The minimum Gasteiger partial charge on any atom is -0.508 e. The Balaban J connectivity index is 2.15. The molecule has 2 aromatic carbocycles. The molecule has 0 saturated carbocycles. The maximum atomic E-state index is 10.7. The summed E-state index contributed by atoms with van der Waals surface area (Å²) >= 11 is 6.74. The van der Waals surface area contributed by atoms with E-state index >= 15 is 0 Å². The Kier molecular flexibility index (Phi) is 4.61. The number of halogens is 2. The number of aromatic hydroxyl groups is 1. The summed E-state index contributed by atoms with van der Waals surface area (Å²) in [5, 5.41) is 9.20. The fourth-order valence-corrected chi connectivity index (χ4v) is 2.98. The molecular formula is C14H10Br2O3. The highest BCUT2D eigenvalue weighted by molar-refractivity contribution is 9.11. The van der Waals surface area contributed by atoms with Crippen molar-refractivity contribution in [3.05, 3.63) is 56.5 Å². The van der Waals surface area contributed by atoms with Gasteiger partial charge in [-0.05, 0) is 61.7 Å². The minimum atomic E-state index is 0.224. The molecule has 0 fully saturated rings. The maximum Gasteiger partial charge on any atom is 0.150 e. The lowest BCUT2D eigenvalue weighted by Gasteiger charge is -2.11. The average molecular weight is 386 g/mol. The van der Waals surface area contributed by atoms with E-state index in [2.05, 4.69) is 31.9 Å². The van der Waals surface area contributed by atoms with Crippen molar-refractivity contribution in [1.82, 2.24) is 0 Å². The van der Waals surface area contributed by atoms with Crippen molar-refractivity contribution >= 4 is 38.1 Å². The molecule has 0 aliphatic heterocycles. The Bertz CT molecular complexity index is 571. The van der Waals surface area contributed by atoms with Crippen LogP contribution in [0.2, 0.25) is 0 Å². The zero-order valence-electron chi connectivity index (χ0n) is 9.77. The number of carbonyl (C=O) groups is 1. The summed E-state index contributed by atoms with van der Waals surface area (Å²) in [4.78, 5) is 10.7. The number of carbonyl (C=O) groups excluding carboxylic acids is 1. The quantitative estimate of drug-likeness (QED) is 0.797. The fourth-order valence-electron chi connectivity index (χ4n) is 1.53. The van der Waals surface area contributed by atoms with Crippen molar-refractivity contribution in [1.29, 1.82) is 0 Å². The SMILES string of the molecule is O=Cc1cc(Br)c(OCc2ccc(O)cc2)c(Br)c1. The highest BCUT2D eigenvalue weighted by Gasteiger charge is 2.09. The monoisotopic (exact) mass is 384 g/mol. The lowest BCUT2D eigenvalue weighted by Crippen LogP contribution is -1.97. The van der Waals surface area contributed by atoms with Crippen molar-refractivity contribution in [2.45, 2.75) is 6.61 Å². The van der Waals surface area contributed by atoms with Gasteiger partial charge < -0.3 is 9.84 Å². The lowest BCUT2D eigenvalue weighted by molar-refractivity contribution is 0.112. The molecular weight excluding hydrogens is 376 g/mol. The van der Waals surface area contributed by atoms with Crippen LogP contribution in [0.5, 0.6) is 11.5 Å². The molecule has 98 valence electrons. The van der Waals surface area contributed by atoms with Gasteiger partial charge in [0.1, 0.15) is 24.4 Å². The van der Waals surface area contributed by atoms with Crippen LogP contribution in [-0.4, -0.2) is 11.4 Å². The fraction of sp³-hybridized carbons (Fsp3) is 0.0714. The molecule has 0 unspecified atom stereocenters. The summed E-state index contributed by atoms with van der Waals surface area (Å²) in [6.45, 7) is 0.373. The molecule has 0 heterocycles. The first-order valence-electron chi connectivity index (χ1n) is 5.45. The second kappa shape index (κ2) is 6.21. The number of ether oxygens (including phenoxy) is 1. The van der Waals surface area contributed by atoms with Gasteiger partial charge in [0.25, 0.3) is 0 Å². The van der Waals surface area contributed by atoms with Crippen LogP contribution in [0.25, 0.3) is 0 Å². The number of rotatable bonds is 4. The van der Waals surface area contributed by atoms with Crippen LogP contribution in [0, 0.1) is 0 Å². The molecule has 0 atom stereocenters. The molecule has 3 nitrogen and oxygen atoms in total. The van der Waals surface area contributed by atoms with E-state index in [0.29, 0.717) is 26.9 Å². The zero-order valence-corrected chi connectivity index (χ0v) is 12.9. The number of phenols is 1. The summed E-state index contributed by atoms with van der Waals surface area (Å²) in [6.07, 6.45) is 0.777. The Hall–Kier alpha value is -1.33. The van der Waals surface area contributed by atoms with Gasteiger partial charge >= 0.3 is 0 Å². The third-order valence-electron chi connectivity index (χ3n) is 2.48. The number of hydrogen-bond donors (Lipinski definition) is 1. The van der Waals surface area contributed by atoms with Gasteiger partial charge in [0.2, 0.25) is 0 Å². The van der Waals surface area contributed by atoms with Gasteiger partial charge in [-0.2, -0.15) is 0 Å². The number of phenolic OH excluding ortho intramolecular Hbond substituents is 1. The number of aldehydes is 1. The Morgan fingerprint density at radius 3 is 2.21 bits per heavy atom. The van der Waals surface area contributed by atoms with Gasteiger partial charge in [0, 0.05) is 5.56 Å². The summed E-state index contributed by atoms with van der Waals surface area (Å²) in [5.41, 5.74) is 1.51. The van der Waals surface area contributed by atoms with Crippen molar-refractivity contribution in [3.8, 4) is 11.5 Å². The molecule has 0 radical (unpaired) electrons. The molecule has 0 bridgehead atoms. The summed E-state index contributed by atoms with van der Waals surface area (Å²) in [6, 6.07) is 10.2. The topological polar surface area (TPSA) is 46.5 Å².